The van der Waals surface area contributed by atoms with E-state index in [0.29, 0.717) is 23.5 Å². The number of hydrogen-bond donors (Lipinski definition) is 1. The highest BCUT2D eigenvalue weighted by Crippen LogP contribution is 2.16. The summed E-state index contributed by atoms with van der Waals surface area (Å²) in [4.78, 5) is 18.5. The second kappa shape index (κ2) is 2.99. The Morgan fingerprint density at radius 1 is 1.64 bits per heavy atom. The van der Waals surface area contributed by atoms with Crippen LogP contribution in [0.2, 0.25) is 0 Å². The van der Waals surface area contributed by atoms with Crippen LogP contribution in [0.5, 0.6) is 5.88 Å². The maximum absolute atomic E-state index is 10.6. The van der Waals surface area contributed by atoms with Crippen molar-refractivity contribution in [3.05, 3.63) is 18.1 Å². The number of rotatable bonds is 2. The fourth-order valence-electron chi connectivity index (χ4n) is 1.19. The molecule has 0 radical (unpaired) electrons. The number of aromatic nitrogens is 3. The molecule has 0 aromatic carbocycles. The maximum atomic E-state index is 10.6. The van der Waals surface area contributed by atoms with Crippen LogP contribution in [-0.4, -0.2) is 27.8 Å². The molecule has 2 heterocycles. The lowest BCUT2D eigenvalue weighted by molar-refractivity contribution is 0.111. The third-order valence-corrected chi connectivity index (χ3v) is 1.85. The Balaban J connectivity index is 2.79. The molecule has 0 saturated heterocycles. The molecule has 0 aliphatic heterocycles. The number of carbonyl (C=O) groups excluding carboxylic acids is 1. The van der Waals surface area contributed by atoms with E-state index in [4.69, 9.17) is 10.5 Å². The molecule has 2 aromatic heterocycles. The molecule has 0 unspecified atom stereocenters. The predicted octanol–water partition coefficient (Wildman–Crippen LogP) is 0.133. The molecule has 2 rings (SSSR count). The first kappa shape index (κ1) is 8.49. The first-order valence-electron chi connectivity index (χ1n) is 3.89. The molecule has 0 aliphatic carbocycles. The normalized spacial score (nSPS) is 10.4. The molecular weight excluding hydrogens is 184 g/mol. The number of nitrogens with zero attached hydrogens (tertiary/aromatic N) is 3. The lowest BCUT2D eigenvalue weighted by Crippen LogP contribution is -2.01. The molecule has 0 saturated carbocycles. The molecule has 0 amide bonds. The van der Waals surface area contributed by atoms with Crippen LogP contribution in [0.1, 0.15) is 10.5 Å². The highest BCUT2D eigenvalue weighted by molar-refractivity contribution is 5.76. The van der Waals surface area contributed by atoms with Crippen LogP contribution in [0, 0.1) is 0 Å². The number of nitrogens with two attached hydrogens (primary N) is 1. The quantitative estimate of drug-likeness (QED) is 0.684. The number of aldehydes is 1. The van der Waals surface area contributed by atoms with E-state index in [1.165, 1.54) is 17.7 Å². The zero-order valence-corrected chi connectivity index (χ0v) is 7.47. The van der Waals surface area contributed by atoms with E-state index in [0.717, 1.165) is 0 Å². The van der Waals surface area contributed by atoms with Crippen molar-refractivity contribution >= 4 is 17.8 Å². The Morgan fingerprint density at radius 3 is 3.07 bits per heavy atom. The van der Waals surface area contributed by atoms with Crippen molar-refractivity contribution in [1.82, 2.24) is 14.4 Å². The molecule has 0 atom stereocenters. The van der Waals surface area contributed by atoms with Crippen molar-refractivity contribution in [1.29, 1.82) is 0 Å². The summed E-state index contributed by atoms with van der Waals surface area (Å²) in [7, 11) is 1.48. The summed E-state index contributed by atoms with van der Waals surface area (Å²) in [5.41, 5.74) is 6.47. The van der Waals surface area contributed by atoms with E-state index >= 15 is 0 Å². The van der Waals surface area contributed by atoms with Gasteiger partial charge in [-0.05, 0) is 0 Å². The van der Waals surface area contributed by atoms with Gasteiger partial charge in [0.05, 0.1) is 19.5 Å². The standard InChI is InChI=1S/C8H8N4O2/c1-14-6-3-12-5(4-13)2-10-8(12)7(9)11-6/h2-4H,1H3,(H2,9,11). The predicted molar refractivity (Wildman–Crippen MR) is 49.3 cm³/mol. The van der Waals surface area contributed by atoms with Gasteiger partial charge in [-0.2, -0.15) is 4.98 Å². The third kappa shape index (κ3) is 1.08. The van der Waals surface area contributed by atoms with Crippen molar-refractivity contribution in [3.8, 4) is 5.88 Å². The van der Waals surface area contributed by atoms with E-state index in [9.17, 15) is 4.79 Å². The summed E-state index contributed by atoms with van der Waals surface area (Å²) >= 11 is 0. The second-order valence-electron chi connectivity index (χ2n) is 2.66. The molecule has 14 heavy (non-hydrogen) atoms. The molecule has 0 fully saturated rings. The number of hydrogen-bond acceptors (Lipinski definition) is 5. The summed E-state index contributed by atoms with van der Waals surface area (Å²) in [6.07, 6.45) is 3.68. The molecule has 0 spiro atoms. The highest BCUT2D eigenvalue weighted by Gasteiger charge is 2.08. The topological polar surface area (TPSA) is 82.5 Å². The van der Waals surface area contributed by atoms with Crippen LogP contribution in [0.25, 0.3) is 5.65 Å². The smallest absolute Gasteiger partial charge is 0.232 e. The van der Waals surface area contributed by atoms with Gasteiger partial charge in [0, 0.05) is 0 Å². The molecule has 2 N–H and O–H groups in total. The van der Waals surface area contributed by atoms with Crippen molar-refractivity contribution < 1.29 is 9.53 Å². The van der Waals surface area contributed by atoms with E-state index in [1.807, 2.05) is 0 Å². The second-order valence-corrected chi connectivity index (χ2v) is 2.66. The number of anilines is 1. The van der Waals surface area contributed by atoms with Gasteiger partial charge in [-0.3, -0.25) is 9.20 Å². The lowest BCUT2D eigenvalue weighted by atomic mass is 10.5. The number of fused-ring (bicyclic) bond motifs is 1. The highest BCUT2D eigenvalue weighted by atomic mass is 16.5. The molecule has 6 heteroatoms. The number of nitrogen functional groups attached to an aromatic ring is 1. The van der Waals surface area contributed by atoms with Gasteiger partial charge in [-0.15, -0.1) is 0 Å². The van der Waals surface area contributed by atoms with Crippen molar-refractivity contribution in [2.45, 2.75) is 0 Å². The number of carbonyl (C=O) groups is 1. The monoisotopic (exact) mass is 192 g/mol. The van der Waals surface area contributed by atoms with E-state index in [2.05, 4.69) is 9.97 Å². The van der Waals surface area contributed by atoms with Gasteiger partial charge in [0.25, 0.3) is 0 Å². The number of ether oxygens (including phenoxy) is 1. The van der Waals surface area contributed by atoms with Gasteiger partial charge in [0.15, 0.2) is 17.8 Å². The largest absolute Gasteiger partial charge is 0.480 e. The molecule has 72 valence electrons. The minimum absolute atomic E-state index is 0.234. The zero-order valence-electron chi connectivity index (χ0n) is 7.47. The SMILES string of the molecule is COc1cn2c(C=O)cnc2c(N)n1. The average molecular weight is 192 g/mol. The molecule has 0 aliphatic rings. The third-order valence-electron chi connectivity index (χ3n) is 1.85. The van der Waals surface area contributed by atoms with Crippen LogP contribution in [0.3, 0.4) is 0 Å². The average Bonchev–Trinajstić information content (AvgIpc) is 2.61. The van der Waals surface area contributed by atoms with Crippen LogP contribution >= 0.6 is 0 Å². The van der Waals surface area contributed by atoms with Gasteiger partial charge < -0.3 is 10.5 Å². The Morgan fingerprint density at radius 2 is 2.43 bits per heavy atom. The van der Waals surface area contributed by atoms with Crippen LogP contribution in [0.4, 0.5) is 5.82 Å². The van der Waals surface area contributed by atoms with Crippen molar-refractivity contribution in [3.63, 3.8) is 0 Å². The van der Waals surface area contributed by atoms with Crippen LogP contribution in [-0.2, 0) is 0 Å². The first-order valence-corrected chi connectivity index (χ1v) is 3.89. The number of imidazole rings is 1. The summed E-state index contributed by atoms with van der Waals surface area (Å²) in [5.74, 6) is 0.577. The molecule has 2 aromatic rings. The summed E-state index contributed by atoms with van der Waals surface area (Å²) in [6.45, 7) is 0. The van der Waals surface area contributed by atoms with Gasteiger partial charge in [0.2, 0.25) is 5.88 Å². The van der Waals surface area contributed by atoms with Gasteiger partial charge in [-0.1, -0.05) is 0 Å². The van der Waals surface area contributed by atoms with Crippen molar-refractivity contribution in [2.24, 2.45) is 0 Å². The minimum atomic E-state index is 0.234. The minimum Gasteiger partial charge on any atom is -0.480 e. The molecule has 6 nitrogen and oxygen atoms in total. The van der Waals surface area contributed by atoms with E-state index in [-0.39, 0.29) is 5.82 Å². The zero-order chi connectivity index (χ0) is 10.1. The fourth-order valence-corrected chi connectivity index (χ4v) is 1.19. The van der Waals surface area contributed by atoms with Crippen molar-refractivity contribution in [2.75, 3.05) is 12.8 Å². The summed E-state index contributed by atoms with van der Waals surface area (Å²) in [6, 6.07) is 0. The molecule has 0 bridgehead atoms. The Kier molecular flexibility index (Phi) is 1.81. The Bertz CT molecular complexity index is 491. The summed E-state index contributed by atoms with van der Waals surface area (Å²) in [5, 5.41) is 0. The van der Waals surface area contributed by atoms with Gasteiger partial charge in [0.1, 0.15) is 5.69 Å². The van der Waals surface area contributed by atoms with E-state index in [1.54, 1.807) is 6.20 Å². The number of methoxy groups -OCH3 is 1. The Labute approximate surface area is 79.3 Å². The Hall–Kier alpha value is -2.11. The van der Waals surface area contributed by atoms with Crippen LogP contribution < -0.4 is 10.5 Å². The molecular formula is C8H8N4O2. The van der Waals surface area contributed by atoms with Crippen LogP contribution in [0.15, 0.2) is 12.4 Å². The summed E-state index contributed by atoms with van der Waals surface area (Å²) < 4.78 is 6.45. The maximum Gasteiger partial charge on any atom is 0.232 e. The van der Waals surface area contributed by atoms with Gasteiger partial charge in [-0.25, -0.2) is 4.98 Å². The first-order chi connectivity index (χ1) is 6.76. The van der Waals surface area contributed by atoms with Gasteiger partial charge >= 0.3 is 0 Å². The van der Waals surface area contributed by atoms with E-state index < -0.39 is 0 Å². The lowest BCUT2D eigenvalue weighted by Gasteiger charge is -2.02. The fraction of sp³-hybridized carbons (Fsp3) is 0.125.